The van der Waals surface area contributed by atoms with E-state index in [4.69, 9.17) is 4.74 Å². The highest BCUT2D eigenvalue weighted by Gasteiger charge is 2.26. The van der Waals surface area contributed by atoms with Gasteiger partial charge in [0.25, 0.3) is 5.91 Å². The topological polar surface area (TPSA) is 57.7 Å². The zero-order valence-electron chi connectivity index (χ0n) is 19.3. The molecule has 1 fully saturated rings. The Morgan fingerprint density at radius 3 is 2.53 bits per heavy atom. The number of nitrogens with zero attached hydrogens (tertiary/aromatic N) is 3. The molecule has 0 unspecified atom stereocenters. The van der Waals surface area contributed by atoms with E-state index in [1.54, 1.807) is 17.2 Å². The summed E-state index contributed by atoms with van der Waals surface area (Å²) in [5.41, 5.74) is 3.16. The molecule has 1 aromatic heterocycles. The molecular weight excluding hydrogens is 499 g/mol. The number of ether oxygens (including phenoxy) is 1. The summed E-state index contributed by atoms with van der Waals surface area (Å²) in [6.07, 6.45) is 3.08. The Balaban J connectivity index is 1.38. The Hall–Kier alpha value is -3.13. The van der Waals surface area contributed by atoms with E-state index < -0.39 is 5.82 Å². The summed E-state index contributed by atoms with van der Waals surface area (Å²) in [6.45, 7) is 1.62. The van der Waals surface area contributed by atoms with Crippen LogP contribution in [0.15, 0.2) is 65.3 Å². The number of rotatable bonds is 7. The second-order valence-corrected chi connectivity index (χ2v) is 9.44. The molecule has 0 radical (unpaired) electrons. The van der Waals surface area contributed by atoms with Gasteiger partial charge in [-0.3, -0.25) is 4.79 Å². The Bertz CT molecular complexity index is 1110. The second kappa shape index (κ2) is 10.9. The van der Waals surface area contributed by atoms with Crippen LogP contribution in [0.5, 0.6) is 5.88 Å². The smallest absolute Gasteiger partial charge is 0.256 e. The molecule has 34 heavy (non-hydrogen) atoms. The molecule has 178 valence electrons. The third-order valence-electron chi connectivity index (χ3n) is 5.86. The van der Waals surface area contributed by atoms with Gasteiger partial charge in [-0.2, -0.15) is 0 Å². The lowest BCUT2D eigenvalue weighted by atomic mass is 10.0. The van der Waals surface area contributed by atoms with Crippen molar-refractivity contribution in [2.24, 2.45) is 0 Å². The largest absolute Gasteiger partial charge is 0.474 e. The van der Waals surface area contributed by atoms with E-state index >= 15 is 0 Å². The summed E-state index contributed by atoms with van der Waals surface area (Å²) in [4.78, 5) is 21.3. The van der Waals surface area contributed by atoms with Gasteiger partial charge >= 0.3 is 0 Å². The van der Waals surface area contributed by atoms with E-state index in [1.807, 2.05) is 55.4 Å². The van der Waals surface area contributed by atoms with Crippen LogP contribution in [0.2, 0.25) is 0 Å². The van der Waals surface area contributed by atoms with E-state index in [2.05, 4.69) is 26.2 Å². The highest BCUT2D eigenvalue weighted by Crippen LogP contribution is 2.24. The molecule has 1 amide bonds. The van der Waals surface area contributed by atoms with E-state index in [9.17, 15) is 9.18 Å². The third kappa shape index (κ3) is 6.05. The molecule has 2 aromatic carbocycles. The van der Waals surface area contributed by atoms with Crippen molar-refractivity contribution in [1.82, 2.24) is 9.88 Å². The van der Waals surface area contributed by atoms with Crippen molar-refractivity contribution in [1.29, 1.82) is 0 Å². The van der Waals surface area contributed by atoms with E-state index in [-0.39, 0.29) is 12.0 Å². The fraction of sp³-hybridized carbons (Fsp3) is 0.308. The average molecular weight is 527 g/mol. The maximum atomic E-state index is 14.1. The molecule has 1 aliphatic rings. The first-order chi connectivity index (χ1) is 16.4. The van der Waals surface area contributed by atoms with Gasteiger partial charge in [-0.15, -0.1) is 0 Å². The predicted octanol–water partition coefficient (Wildman–Crippen LogP) is 5.34. The number of benzene rings is 2. The van der Waals surface area contributed by atoms with E-state index in [1.165, 1.54) is 12.1 Å². The molecule has 3 aromatic rings. The Kier molecular flexibility index (Phi) is 7.67. The summed E-state index contributed by atoms with van der Waals surface area (Å²) in [5.74, 6) is -0.0304. The van der Waals surface area contributed by atoms with E-state index in [0.717, 1.165) is 15.7 Å². The van der Waals surface area contributed by atoms with Gasteiger partial charge in [-0.1, -0.05) is 12.1 Å². The minimum Gasteiger partial charge on any atom is -0.474 e. The van der Waals surface area contributed by atoms with Crippen molar-refractivity contribution < 1.29 is 13.9 Å². The summed E-state index contributed by atoms with van der Waals surface area (Å²) in [7, 11) is 3.99. The van der Waals surface area contributed by atoms with Crippen molar-refractivity contribution in [3.63, 3.8) is 0 Å². The summed E-state index contributed by atoms with van der Waals surface area (Å²) < 4.78 is 20.9. The van der Waals surface area contributed by atoms with Crippen molar-refractivity contribution >= 4 is 33.2 Å². The van der Waals surface area contributed by atoms with Crippen LogP contribution in [0.25, 0.3) is 0 Å². The molecule has 4 rings (SSSR count). The number of carbonyl (C=O) groups excluding carboxylic acids is 1. The average Bonchev–Trinajstić information content (AvgIpc) is 2.85. The molecule has 0 atom stereocenters. The van der Waals surface area contributed by atoms with Crippen molar-refractivity contribution in [2.45, 2.75) is 25.5 Å². The molecule has 1 saturated heterocycles. The summed E-state index contributed by atoms with van der Waals surface area (Å²) in [6, 6.07) is 16.2. The summed E-state index contributed by atoms with van der Waals surface area (Å²) >= 11 is 3.36. The molecular formula is C26H28BrFN4O2. The molecule has 1 aliphatic heterocycles. The number of hydrogen-bond donors (Lipinski definition) is 1. The van der Waals surface area contributed by atoms with Crippen LogP contribution in [-0.2, 0) is 6.54 Å². The van der Waals surface area contributed by atoms with Gasteiger partial charge in [0.05, 0.1) is 5.56 Å². The lowest BCUT2D eigenvalue weighted by Crippen LogP contribution is -2.42. The minimum absolute atomic E-state index is 0.00651. The number of hydrogen-bond acceptors (Lipinski definition) is 5. The van der Waals surface area contributed by atoms with Crippen molar-refractivity contribution in [3.8, 4) is 5.88 Å². The summed E-state index contributed by atoms with van der Waals surface area (Å²) in [5, 5.41) is 3.31. The highest BCUT2D eigenvalue weighted by atomic mass is 79.9. The molecule has 0 saturated carbocycles. The van der Waals surface area contributed by atoms with Gasteiger partial charge in [0.15, 0.2) is 0 Å². The van der Waals surface area contributed by atoms with Crippen LogP contribution in [0.3, 0.4) is 0 Å². The fourth-order valence-corrected chi connectivity index (χ4v) is 4.14. The number of nitrogens with one attached hydrogen (secondary N) is 1. The van der Waals surface area contributed by atoms with Gasteiger partial charge in [-0.25, -0.2) is 9.37 Å². The molecule has 0 aliphatic carbocycles. The van der Waals surface area contributed by atoms with Crippen LogP contribution in [-0.4, -0.2) is 49.1 Å². The number of pyridine rings is 1. The molecule has 6 nitrogen and oxygen atoms in total. The molecule has 0 spiro atoms. The van der Waals surface area contributed by atoms with Crippen LogP contribution in [0, 0.1) is 5.82 Å². The Labute approximate surface area is 207 Å². The lowest BCUT2D eigenvalue weighted by Gasteiger charge is -2.32. The van der Waals surface area contributed by atoms with Crippen molar-refractivity contribution in [3.05, 3.63) is 82.2 Å². The Morgan fingerprint density at radius 1 is 1.15 bits per heavy atom. The number of halogens is 2. The fourth-order valence-electron chi connectivity index (χ4n) is 3.91. The molecule has 8 heteroatoms. The first kappa shape index (κ1) is 24.0. The second-order valence-electron chi connectivity index (χ2n) is 8.53. The number of carbonyl (C=O) groups is 1. The highest BCUT2D eigenvalue weighted by molar-refractivity contribution is 9.10. The SMILES string of the molecule is CN(C)c1ccc(CNc2ccc(F)cc2C(=O)N2CCC(Oc3ccc(Br)cn3)CC2)cc1. The van der Waals surface area contributed by atoms with Crippen LogP contribution in [0.1, 0.15) is 28.8 Å². The quantitative estimate of drug-likeness (QED) is 0.450. The first-order valence-electron chi connectivity index (χ1n) is 11.3. The Morgan fingerprint density at radius 2 is 1.88 bits per heavy atom. The van der Waals surface area contributed by atoms with Gasteiger partial charge in [0.2, 0.25) is 5.88 Å². The monoisotopic (exact) mass is 526 g/mol. The van der Waals surface area contributed by atoms with E-state index in [0.29, 0.717) is 49.6 Å². The molecule has 2 heterocycles. The van der Waals surface area contributed by atoms with Crippen LogP contribution >= 0.6 is 15.9 Å². The first-order valence-corrected chi connectivity index (χ1v) is 12.1. The van der Waals surface area contributed by atoms with Gasteiger partial charge in [-0.05, 0) is 57.9 Å². The molecule has 0 bridgehead atoms. The third-order valence-corrected chi connectivity index (χ3v) is 6.33. The number of aromatic nitrogens is 1. The number of amides is 1. The van der Waals surface area contributed by atoms with Crippen LogP contribution in [0.4, 0.5) is 15.8 Å². The number of piperidine rings is 1. The maximum Gasteiger partial charge on any atom is 0.256 e. The zero-order valence-corrected chi connectivity index (χ0v) is 20.9. The van der Waals surface area contributed by atoms with Crippen LogP contribution < -0.4 is 15.0 Å². The molecule has 1 N–H and O–H groups in total. The maximum absolute atomic E-state index is 14.1. The normalized spacial score (nSPS) is 14.1. The number of likely N-dealkylation sites (tertiary alicyclic amines) is 1. The lowest BCUT2D eigenvalue weighted by molar-refractivity contribution is 0.0588. The number of anilines is 2. The van der Waals surface area contributed by atoms with Gasteiger partial charge < -0.3 is 19.9 Å². The predicted molar refractivity (Wildman–Crippen MR) is 136 cm³/mol. The van der Waals surface area contributed by atoms with Gasteiger partial charge in [0, 0.05) is 74.7 Å². The standard InChI is InChI=1S/C26H28BrFN4O2/c1-31(2)21-7-3-18(4-8-21)16-29-24-9-6-20(28)15-23(24)26(33)32-13-11-22(12-14-32)34-25-10-5-19(27)17-30-25/h3-10,15,17,22,29H,11-14,16H2,1-2H3. The van der Waals surface area contributed by atoms with Crippen molar-refractivity contribution in [2.75, 3.05) is 37.4 Å². The minimum atomic E-state index is -0.427. The zero-order chi connectivity index (χ0) is 24.1. The van der Waals surface area contributed by atoms with Gasteiger partial charge in [0.1, 0.15) is 11.9 Å².